The second-order valence-electron chi connectivity index (χ2n) is 4.68. The van der Waals surface area contributed by atoms with Gasteiger partial charge in [0.05, 0.1) is 6.54 Å². The Morgan fingerprint density at radius 1 is 1.44 bits per heavy atom. The Kier molecular flexibility index (Phi) is 3.85. The summed E-state index contributed by atoms with van der Waals surface area (Å²) < 4.78 is 0. The number of hydrogen-bond acceptors (Lipinski definition) is 4. The van der Waals surface area contributed by atoms with Gasteiger partial charge in [0, 0.05) is 25.0 Å². The third-order valence-corrected chi connectivity index (χ3v) is 3.25. The molecule has 1 saturated heterocycles. The highest BCUT2D eigenvalue weighted by Crippen LogP contribution is 2.15. The molecule has 2 atom stereocenters. The minimum Gasteiger partial charge on any atom is -0.307 e. The minimum atomic E-state index is 0.597. The highest BCUT2D eigenvalue weighted by molar-refractivity contribution is 4.90. The first kappa shape index (κ1) is 11.5. The fourth-order valence-electron chi connectivity index (χ4n) is 2.30. The average Bonchev–Trinajstić information content (AvgIpc) is 2.29. The van der Waals surface area contributed by atoms with Crippen molar-refractivity contribution in [3.8, 4) is 0 Å². The summed E-state index contributed by atoms with van der Waals surface area (Å²) in [5.74, 6) is 1.58. The molecule has 4 heteroatoms. The number of nitrogens with zero attached hydrogens (tertiary/aromatic N) is 3. The first-order valence-corrected chi connectivity index (χ1v) is 5.93. The zero-order chi connectivity index (χ0) is 11.4. The van der Waals surface area contributed by atoms with Gasteiger partial charge in [-0.25, -0.2) is 9.97 Å². The Labute approximate surface area is 97.1 Å². The number of aromatic nitrogens is 2. The molecular weight excluding hydrogens is 200 g/mol. The largest absolute Gasteiger partial charge is 0.307 e. The predicted molar refractivity (Wildman–Crippen MR) is 63.9 cm³/mol. The van der Waals surface area contributed by atoms with Crippen molar-refractivity contribution in [1.29, 1.82) is 0 Å². The van der Waals surface area contributed by atoms with Crippen LogP contribution in [0.1, 0.15) is 19.2 Å². The van der Waals surface area contributed by atoms with Gasteiger partial charge in [0.25, 0.3) is 0 Å². The topological polar surface area (TPSA) is 41.0 Å². The van der Waals surface area contributed by atoms with Crippen LogP contribution in [-0.4, -0.2) is 41.0 Å². The maximum Gasteiger partial charge on any atom is 0.141 e. The molecule has 0 bridgehead atoms. The van der Waals surface area contributed by atoms with E-state index in [1.54, 1.807) is 12.4 Å². The molecule has 0 radical (unpaired) electrons. The summed E-state index contributed by atoms with van der Waals surface area (Å²) in [7, 11) is 2.19. The van der Waals surface area contributed by atoms with Gasteiger partial charge in [-0.15, -0.1) is 0 Å². The monoisotopic (exact) mass is 220 g/mol. The van der Waals surface area contributed by atoms with Crippen LogP contribution in [0.2, 0.25) is 0 Å². The van der Waals surface area contributed by atoms with Crippen molar-refractivity contribution in [2.45, 2.75) is 25.9 Å². The van der Waals surface area contributed by atoms with E-state index in [-0.39, 0.29) is 0 Å². The third kappa shape index (κ3) is 3.00. The highest BCUT2D eigenvalue weighted by atomic mass is 15.1. The van der Waals surface area contributed by atoms with E-state index < -0.39 is 0 Å². The first-order chi connectivity index (χ1) is 7.75. The van der Waals surface area contributed by atoms with Gasteiger partial charge >= 0.3 is 0 Å². The molecule has 1 N–H and O–H groups in total. The molecule has 0 aliphatic carbocycles. The Hall–Kier alpha value is -1.00. The van der Waals surface area contributed by atoms with Gasteiger partial charge in [-0.2, -0.15) is 0 Å². The van der Waals surface area contributed by atoms with E-state index in [1.807, 2.05) is 6.07 Å². The van der Waals surface area contributed by atoms with E-state index in [4.69, 9.17) is 0 Å². The van der Waals surface area contributed by atoms with Crippen LogP contribution in [0.4, 0.5) is 0 Å². The van der Waals surface area contributed by atoms with Crippen molar-refractivity contribution in [2.24, 2.45) is 5.92 Å². The number of rotatable bonds is 3. The van der Waals surface area contributed by atoms with E-state index in [0.717, 1.165) is 12.4 Å². The van der Waals surface area contributed by atoms with Crippen molar-refractivity contribution in [2.75, 3.05) is 20.1 Å². The zero-order valence-electron chi connectivity index (χ0n) is 10.1. The van der Waals surface area contributed by atoms with Gasteiger partial charge in [0.2, 0.25) is 0 Å². The maximum absolute atomic E-state index is 4.22. The van der Waals surface area contributed by atoms with Gasteiger partial charge in [-0.05, 0) is 32.0 Å². The predicted octanol–water partition coefficient (Wildman–Crippen LogP) is 0.906. The van der Waals surface area contributed by atoms with E-state index in [1.165, 1.54) is 19.5 Å². The summed E-state index contributed by atoms with van der Waals surface area (Å²) >= 11 is 0. The van der Waals surface area contributed by atoms with Gasteiger partial charge < -0.3 is 10.2 Å². The molecule has 4 nitrogen and oxygen atoms in total. The van der Waals surface area contributed by atoms with Crippen LogP contribution in [0.15, 0.2) is 18.5 Å². The molecule has 2 unspecified atom stereocenters. The van der Waals surface area contributed by atoms with Gasteiger partial charge in [-0.3, -0.25) is 0 Å². The molecule has 1 aliphatic rings. The molecule has 88 valence electrons. The van der Waals surface area contributed by atoms with E-state index in [0.29, 0.717) is 12.0 Å². The normalized spacial score (nSPS) is 26.9. The minimum absolute atomic E-state index is 0.597. The number of piperidine rings is 1. The lowest BCUT2D eigenvalue weighted by molar-refractivity contribution is 0.173. The number of hydrogen-bond donors (Lipinski definition) is 1. The summed E-state index contributed by atoms with van der Waals surface area (Å²) in [6.45, 7) is 5.43. The zero-order valence-corrected chi connectivity index (χ0v) is 10.1. The van der Waals surface area contributed by atoms with Crippen molar-refractivity contribution >= 4 is 0 Å². The van der Waals surface area contributed by atoms with Crippen LogP contribution in [-0.2, 0) is 6.54 Å². The SMILES string of the molecule is CC1CN(C)CCC1NCc1ncccn1. The fraction of sp³-hybridized carbons (Fsp3) is 0.667. The van der Waals surface area contributed by atoms with Crippen LogP contribution in [0.25, 0.3) is 0 Å². The van der Waals surface area contributed by atoms with Gasteiger partial charge in [0.1, 0.15) is 5.82 Å². The third-order valence-electron chi connectivity index (χ3n) is 3.25. The quantitative estimate of drug-likeness (QED) is 0.822. The molecule has 0 spiro atoms. The first-order valence-electron chi connectivity index (χ1n) is 5.93. The maximum atomic E-state index is 4.22. The van der Waals surface area contributed by atoms with Crippen molar-refractivity contribution in [1.82, 2.24) is 20.2 Å². The Morgan fingerprint density at radius 3 is 2.88 bits per heavy atom. The van der Waals surface area contributed by atoms with Gasteiger partial charge in [-0.1, -0.05) is 6.92 Å². The van der Waals surface area contributed by atoms with Crippen LogP contribution in [0, 0.1) is 5.92 Å². The summed E-state index contributed by atoms with van der Waals surface area (Å²) in [5.41, 5.74) is 0. The molecule has 1 aliphatic heterocycles. The van der Waals surface area contributed by atoms with Crippen molar-refractivity contribution in [3.63, 3.8) is 0 Å². The van der Waals surface area contributed by atoms with E-state index in [9.17, 15) is 0 Å². The molecule has 2 rings (SSSR count). The summed E-state index contributed by atoms with van der Waals surface area (Å²) in [6, 6.07) is 2.45. The van der Waals surface area contributed by atoms with Crippen molar-refractivity contribution < 1.29 is 0 Å². The number of likely N-dealkylation sites (tertiary alicyclic amines) is 1. The Balaban J connectivity index is 1.82. The summed E-state index contributed by atoms with van der Waals surface area (Å²) in [6.07, 6.45) is 4.80. The molecule has 1 aromatic heterocycles. The average molecular weight is 220 g/mol. The number of nitrogens with one attached hydrogen (secondary N) is 1. The second kappa shape index (κ2) is 5.37. The lowest BCUT2D eigenvalue weighted by Gasteiger charge is -2.35. The molecule has 16 heavy (non-hydrogen) atoms. The van der Waals surface area contributed by atoms with Crippen LogP contribution in [0.5, 0.6) is 0 Å². The molecular formula is C12H20N4. The second-order valence-corrected chi connectivity index (χ2v) is 4.68. The standard InChI is InChI=1S/C12H20N4/c1-10-9-16(2)7-4-11(10)15-8-12-13-5-3-6-14-12/h3,5-6,10-11,15H,4,7-9H2,1-2H3. The van der Waals surface area contributed by atoms with E-state index >= 15 is 0 Å². The Bertz CT molecular complexity index is 314. The highest BCUT2D eigenvalue weighted by Gasteiger charge is 2.23. The molecule has 0 saturated carbocycles. The summed E-state index contributed by atoms with van der Waals surface area (Å²) in [4.78, 5) is 10.8. The molecule has 2 heterocycles. The molecule has 0 aromatic carbocycles. The van der Waals surface area contributed by atoms with E-state index in [2.05, 4.69) is 34.2 Å². The Morgan fingerprint density at radius 2 is 2.19 bits per heavy atom. The van der Waals surface area contributed by atoms with Crippen LogP contribution >= 0.6 is 0 Å². The fourth-order valence-corrected chi connectivity index (χ4v) is 2.30. The molecule has 0 amide bonds. The molecule has 1 fully saturated rings. The van der Waals surface area contributed by atoms with Crippen molar-refractivity contribution in [3.05, 3.63) is 24.3 Å². The van der Waals surface area contributed by atoms with Gasteiger partial charge in [0.15, 0.2) is 0 Å². The van der Waals surface area contributed by atoms with Crippen LogP contribution in [0.3, 0.4) is 0 Å². The lowest BCUT2D eigenvalue weighted by Crippen LogP contribution is -2.46. The molecule has 1 aromatic rings. The smallest absolute Gasteiger partial charge is 0.141 e. The van der Waals surface area contributed by atoms with Crippen LogP contribution < -0.4 is 5.32 Å². The summed E-state index contributed by atoms with van der Waals surface area (Å²) in [5, 5.41) is 3.56. The lowest BCUT2D eigenvalue weighted by atomic mass is 9.94.